The van der Waals surface area contributed by atoms with Crippen molar-refractivity contribution in [3.63, 3.8) is 0 Å². The zero-order chi connectivity index (χ0) is 81.2. The van der Waals surface area contributed by atoms with Gasteiger partial charge in [-0.1, -0.05) is 177 Å². The first-order chi connectivity index (χ1) is 56.3. The monoisotopic (exact) mass is 2110 g/mol. The van der Waals surface area contributed by atoms with Crippen molar-refractivity contribution in [2.24, 2.45) is 0 Å². The minimum Gasteiger partial charge on any atom is -0.293 e. The minimum absolute atomic E-state index is 0. The molecule has 0 aliphatic rings. The predicted molar refractivity (Wildman–Crippen MR) is 477 cm³/mol. The number of para-hydroxylation sites is 2. The molecule has 0 bridgehead atoms. The summed E-state index contributed by atoms with van der Waals surface area (Å²) in [6, 6.07) is 117. The van der Waals surface area contributed by atoms with Crippen molar-refractivity contribution in [1.29, 1.82) is 0 Å². The van der Waals surface area contributed by atoms with Crippen LogP contribution in [0.2, 0.25) is 0 Å². The Balaban J connectivity index is 0.000000154. The number of rotatable bonds is 12. The molecule has 3 radical (unpaired) electrons. The van der Waals surface area contributed by atoms with Crippen LogP contribution in [0, 0.1) is 133 Å². The standard InChI is InChI=1S/2C25H23N2.C23H19N2.2C11H11N2.C9H6NS.3Ir/c2*1-17-14-23(21-8-6-5-7-9-21)15-18(2)25(17)22-10-12-24(13-11-22)27-20(4)16-19(3)26-27;1-17-15-21(19-7-4-3-5-8-19)16-18(2)23(17)20-9-11-22(12-10-20)25-14-6-13-24-25;2*1-9-8-10(2)13(12-9)11-6-4-3-5-7-11;1-2-4-8(5-3-1)9-10-6-7-11-9;;;/h2*5-12,14-16H,1-4H3;3-11,13-16H,1-2H3;2*3-6,8H,1-2H3;1-4,6-7H;;;/q6*-1;;;. The van der Waals surface area contributed by atoms with E-state index in [1.165, 1.54) is 100 Å². The Morgan fingerprint density at radius 3 is 0.832 bits per heavy atom. The fourth-order valence-corrected chi connectivity index (χ4v) is 15.2. The second kappa shape index (κ2) is 42.6. The molecule has 18 rings (SSSR count). The van der Waals surface area contributed by atoms with Crippen molar-refractivity contribution in [1.82, 2.24) is 53.9 Å². The second-order valence-electron chi connectivity index (χ2n) is 28.9. The number of hydrogen-bond donors (Lipinski definition) is 0. The molecule has 0 N–H and O–H groups in total. The molecule has 18 aromatic rings. The quantitative estimate of drug-likeness (QED) is 0.113. The van der Waals surface area contributed by atoms with Crippen molar-refractivity contribution in [3.8, 4) is 106 Å². The van der Waals surface area contributed by atoms with Crippen LogP contribution in [0.3, 0.4) is 0 Å². The molecular formula is C104H93Ir3N11S-6. The van der Waals surface area contributed by atoms with Crippen LogP contribution in [0.1, 0.15) is 78.9 Å². The van der Waals surface area contributed by atoms with Gasteiger partial charge in [0.15, 0.2) is 0 Å². The maximum atomic E-state index is 4.55. The molecule has 0 spiro atoms. The van der Waals surface area contributed by atoms with Crippen molar-refractivity contribution in [3.05, 3.63) is 424 Å². The Hall–Kier alpha value is -11.7. The van der Waals surface area contributed by atoms with Gasteiger partial charge in [-0.15, -0.1) is 82.9 Å². The number of benzene rings is 12. The summed E-state index contributed by atoms with van der Waals surface area (Å²) in [5, 5.41) is 25.1. The molecule has 6 aromatic heterocycles. The first-order valence-electron chi connectivity index (χ1n) is 38.8. The fourth-order valence-electron chi connectivity index (χ4n) is 14.6. The number of hydrogen-bond acceptors (Lipinski definition) is 7. The molecule has 603 valence electrons. The Kier molecular flexibility index (Phi) is 32.1. The van der Waals surface area contributed by atoms with E-state index in [0.717, 1.165) is 84.6 Å². The summed E-state index contributed by atoms with van der Waals surface area (Å²) in [6.07, 6.45) is 5.51. The molecule has 119 heavy (non-hydrogen) atoms. The van der Waals surface area contributed by atoms with Crippen LogP contribution in [0.5, 0.6) is 0 Å². The van der Waals surface area contributed by atoms with Crippen molar-refractivity contribution in [2.45, 2.75) is 96.9 Å². The van der Waals surface area contributed by atoms with Crippen molar-refractivity contribution in [2.75, 3.05) is 0 Å². The third-order valence-electron chi connectivity index (χ3n) is 19.6. The molecule has 0 atom stereocenters. The van der Waals surface area contributed by atoms with Crippen LogP contribution in [0.15, 0.2) is 309 Å². The normalized spacial score (nSPS) is 10.4. The van der Waals surface area contributed by atoms with Gasteiger partial charge >= 0.3 is 0 Å². The zero-order valence-electron chi connectivity index (χ0n) is 69.3. The summed E-state index contributed by atoms with van der Waals surface area (Å²) in [7, 11) is 0. The molecule has 11 nitrogen and oxygen atoms in total. The van der Waals surface area contributed by atoms with Gasteiger partial charge in [0, 0.05) is 112 Å². The molecule has 0 aliphatic heterocycles. The molecule has 0 unspecified atom stereocenters. The van der Waals surface area contributed by atoms with Gasteiger partial charge in [0.25, 0.3) is 0 Å². The van der Waals surface area contributed by atoms with E-state index >= 15 is 0 Å². The first-order valence-corrected chi connectivity index (χ1v) is 39.7. The molecular weight excluding hydrogens is 2010 g/mol. The van der Waals surface area contributed by atoms with Gasteiger partial charge in [-0.2, -0.15) is 140 Å². The topological polar surface area (TPSA) is 102 Å². The van der Waals surface area contributed by atoms with E-state index in [-0.39, 0.29) is 60.3 Å². The van der Waals surface area contributed by atoms with Gasteiger partial charge in [0.05, 0.1) is 22.8 Å². The molecule has 0 amide bonds. The average molecular weight is 2110 g/mol. The maximum absolute atomic E-state index is 4.55. The van der Waals surface area contributed by atoms with Crippen LogP contribution in [-0.2, 0) is 60.3 Å². The van der Waals surface area contributed by atoms with Gasteiger partial charge in [0.1, 0.15) is 0 Å². The molecule has 0 fully saturated rings. The van der Waals surface area contributed by atoms with Crippen LogP contribution in [0.4, 0.5) is 0 Å². The van der Waals surface area contributed by atoms with E-state index in [1.807, 2.05) is 155 Å². The molecule has 0 saturated heterocycles. The van der Waals surface area contributed by atoms with E-state index < -0.39 is 0 Å². The van der Waals surface area contributed by atoms with Gasteiger partial charge in [0.2, 0.25) is 0 Å². The van der Waals surface area contributed by atoms with E-state index in [2.05, 4.69) is 329 Å². The first kappa shape index (κ1) is 89.6. The van der Waals surface area contributed by atoms with Crippen LogP contribution in [-0.4, -0.2) is 53.9 Å². The van der Waals surface area contributed by atoms with Gasteiger partial charge in [-0.3, -0.25) is 28.4 Å². The summed E-state index contributed by atoms with van der Waals surface area (Å²) < 4.78 is 9.50. The Bertz CT molecular complexity index is 5850. The van der Waals surface area contributed by atoms with E-state index in [4.69, 9.17) is 0 Å². The van der Waals surface area contributed by atoms with Crippen LogP contribution in [0.25, 0.3) is 106 Å². The summed E-state index contributed by atoms with van der Waals surface area (Å²) in [5.74, 6) is 0. The van der Waals surface area contributed by atoms with E-state index in [9.17, 15) is 0 Å². The van der Waals surface area contributed by atoms with Gasteiger partial charge < -0.3 is 0 Å². The predicted octanol–water partition coefficient (Wildman–Crippen LogP) is 25.3. The summed E-state index contributed by atoms with van der Waals surface area (Å²) in [4.78, 5) is 4.17. The van der Waals surface area contributed by atoms with Crippen molar-refractivity contribution >= 4 is 11.3 Å². The van der Waals surface area contributed by atoms with Gasteiger partial charge in [-0.05, 0) is 189 Å². The minimum atomic E-state index is 0. The third-order valence-corrected chi connectivity index (χ3v) is 20.4. The number of nitrogens with zero attached hydrogens (tertiary/aromatic N) is 11. The average Bonchev–Trinajstić information content (AvgIpc) is 1.19. The molecule has 6 heterocycles. The van der Waals surface area contributed by atoms with Gasteiger partial charge in [-0.25, -0.2) is 0 Å². The Morgan fingerprint density at radius 2 is 0.580 bits per heavy atom. The largest absolute Gasteiger partial charge is 0.293 e. The molecule has 0 saturated carbocycles. The molecule has 0 aliphatic carbocycles. The third kappa shape index (κ3) is 23.0. The number of thiazole rings is 1. The van der Waals surface area contributed by atoms with Crippen LogP contribution >= 0.6 is 11.3 Å². The Morgan fingerprint density at radius 1 is 0.269 bits per heavy atom. The second-order valence-corrected chi connectivity index (χ2v) is 29.8. The number of aromatic nitrogens is 11. The van der Waals surface area contributed by atoms with E-state index in [0.29, 0.717) is 0 Å². The van der Waals surface area contributed by atoms with Crippen LogP contribution < -0.4 is 0 Å². The molecule has 15 heteroatoms. The van der Waals surface area contributed by atoms with E-state index in [1.54, 1.807) is 23.7 Å². The van der Waals surface area contributed by atoms with Crippen molar-refractivity contribution < 1.29 is 60.3 Å². The maximum Gasteiger partial charge on any atom is 0.0600 e. The molecule has 12 aromatic carbocycles. The summed E-state index contributed by atoms with van der Waals surface area (Å²) in [6.45, 7) is 29.3. The SMILES string of the molecule is Cc1cc(-c2ccccc2)cc(C)c1-c1c[c-]c(-n2cccn2)cc1.Cc1cc(C)n(-c2[c-]cc(-c3c(C)cc(-c4ccccc4)cc3C)cc2)n1.Cc1cc(C)n(-c2[c-]cc(-c3c(C)cc(-c4ccccc4)cc3C)cc2)n1.Cc1cc(C)n(-c2[c-]cccc2)n1.Cc1cc(C)n(-c2[c-]cccc2)n1.[Ir].[Ir].[Ir].[c-]1ccccc1-c1nccs1. The fraction of sp³-hybridized carbons (Fsp3) is 0.135. The summed E-state index contributed by atoms with van der Waals surface area (Å²) in [5.41, 5.74) is 37.2. The Labute approximate surface area is 746 Å². The smallest absolute Gasteiger partial charge is 0.0600 e. The zero-order valence-corrected chi connectivity index (χ0v) is 77.3. The summed E-state index contributed by atoms with van der Waals surface area (Å²) >= 11 is 1.63. The number of aryl methyl sites for hydroxylation is 14.